The largest absolute Gasteiger partial charge is 0.508 e. The molecule has 0 spiro atoms. The number of hydrogen-bond donors (Lipinski definition) is 2. The first kappa shape index (κ1) is 24.6. The van der Waals surface area contributed by atoms with Gasteiger partial charge in [0.2, 0.25) is 0 Å². The van der Waals surface area contributed by atoms with Gasteiger partial charge in [-0.3, -0.25) is 9.36 Å². The third-order valence-corrected chi connectivity index (χ3v) is 6.71. The molecule has 6 rings (SSSR count). The number of hydrogen-bond acceptors (Lipinski definition) is 8. The first-order valence-corrected chi connectivity index (χ1v) is 12.3. The second kappa shape index (κ2) is 9.89. The van der Waals surface area contributed by atoms with E-state index < -0.39 is 0 Å². The molecule has 0 fully saturated rings. The number of nitrogens with two attached hydrogens (primary N) is 1. The zero-order chi connectivity index (χ0) is 27.8. The molecule has 3 heterocycles. The van der Waals surface area contributed by atoms with Gasteiger partial charge in [0.15, 0.2) is 5.65 Å². The first-order chi connectivity index (χ1) is 19.5. The predicted octanol–water partition coefficient (Wildman–Crippen LogP) is 3.58. The van der Waals surface area contributed by atoms with Crippen molar-refractivity contribution in [2.75, 3.05) is 12.8 Å². The maximum absolute atomic E-state index is 13.9. The van der Waals surface area contributed by atoms with Crippen molar-refractivity contribution in [3.8, 4) is 35.1 Å². The van der Waals surface area contributed by atoms with Gasteiger partial charge in [-0.1, -0.05) is 24.1 Å². The Morgan fingerprint density at radius 2 is 1.77 bits per heavy atom. The van der Waals surface area contributed by atoms with E-state index in [0.29, 0.717) is 44.8 Å². The van der Waals surface area contributed by atoms with Crippen molar-refractivity contribution in [2.45, 2.75) is 13.1 Å². The number of phenols is 1. The fourth-order valence-electron chi connectivity index (χ4n) is 4.72. The molecule has 40 heavy (non-hydrogen) atoms. The third kappa shape index (κ3) is 4.25. The van der Waals surface area contributed by atoms with Crippen LogP contribution in [0, 0.1) is 12.3 Å². The van der Waals surface area contributed by atoms with Gasteiger partial charge in [0.25, 0.3) is 5.56 Å². The van der Waals surface area contributed by atoms with Crippen molar-refractivity contribution in [3.63, 3.8) is 0 Å². The molecule has 0 bridgehead atoms. The Kier molecular flexibility index (Phi) is 6.09. The van der Waals surface area contributed by atoms with Crippen LogP contribution in [-0.4, -0.2) is 41.5 Å². The number of anilines is 1. The number of nitrogen functional groups attached to an aromatic ring is 1. The average molecular weight is 530 g/mol. The molecule has 10 nitrogen and oxygen atoms in total. The van der Waals surface area contributed by atoms with Crippen molar-refractivity contribution in [1.82, 2.24) is 29.3 Å². The van der Waals surface area contributed by atoms with E-state index in [4.69, 9.17) is 27.0 Å². The van der Waals surface area contributed by atoms with Crippen LogP contribution in [-0.2, 0) is 13.1 Å². The van der Waals surface area contributed by atoms with Crippen LogP contribution >= 0.6 is 0 Å². The number of methoxy groups -OCH3 is 1. The van der Waals surface area contributed by atoms with E-state index in [1.54, 1.807) is 58.8 Å². The number of rotatable bonds is 6. The lowest BCUT2D eigenvalue weighted by Crippen LogP contribution is -2.28. The zero-order valence-corrected chi connectivity index (χ0v) is 21.4. The molecule has 0 amide bonds. The van der Waals surface area contributed by atoms with Crippen LogP contribution < -0.4 is 16.0 Å². The Bertz CT molecular complexity index is 1990. The van der Waals surface area contributed by atoms with Gasteiger partial charge in [-0.05, 0) is 54.1 Å². The topological polar surface area (TPSA) is 134 Å². The highest BCUT2D eigenvalue weighted by atomic mass is 16.5. The van der Waals surface area contributed by atoms with E-state index >= 15 is 0 Å². The number of nitrogens with zero attached hydrogens (tertiary/aromatic N) is 6. The Morgan fingerprint density at radius 3 is 2.50 bits per heavy atom. The lowest BCUT2D eigenvalue weighted by Gasteiger charge is -2.15. The van der Waals surface area contributed by atoms with Crippen LogP contribution in [0.2, 0.25) is 0 Å². The summed E-state index contributed by atoms with van der Waals surface area (Å²) in [5.41, 5.74) is 9.61. The molecule has 196 valence electrons. The summed E-state index contributed by atoms with van der Waals surface area (Å²) in [5, 5.41) is 15.5. The summed E-state index contributed by atoms with van der Waals surface area (Å²) in [5.74, 6) is 4.17. The number of terminal acetylenes is 1. The van der Waals surface area contributed by atoms with Gasteiger partial charge < -0.3 is 15.6 Å². The fraction of sp³-hybridized carbons (Fsp3) is 0.100. The molecule has 0 unspecified atom stereocenters. The lowest BCUT2D eigenvalue weighted by atomic mass is 10.1. The van der Waals surface area contributed by atoms with E-state index in [0.717, 1.165) is 11.1 Å². The van der Waals surface area contributed by atoms with Crippen LogP contribution in [0.1, 0.15) is 17.0 Å². The Balaban J connectivity index is 1.54. The molecule has 0 aliphatic heterocycles. The standard InChI is InChI=1S/C30H23N7O3/c1-3-19-5-4-6-23-25(19)30(39)36(15-18-7-13-22(40-2)14-8-18)24(34-23)16-37-29-26(28(31)32-17-33-29)27(35-37)20-9-11-21(38)12-10-20/h1,4-14,17,38H,15-16H2,2H3,(H2,31,32,33). The highest BCUT2D eigenvalue weighted by molar-refractivity contribution is 5.98. The number of fused-ring (bicyclic) bond motifs is 2. The molecule has 0 saturated heterocycles. The molecule has 0 radical (unpaired) electrons. The highest BCUT2D eigenvalue weighted by Crippen LogP contribution is 2.31. The summed E-state index contributed by atoms with van der Waals surface area (Å²) in [7, 11) is 1.60. The summed E-state index contributed by atoms with van der Waals surface area (Å²) in [4.78, 5) is 27.4. The van der Waals surface area contributed by atoms with Crippen molar-refractivity contribution in [2.24, 2.45) is 0 Å². The Morgan fingerprint density at radius 1 is 1.00 bits per heavy atom. The number of ether oxygens (including phenoxy) is 1. The van der Waals surface area contributed by atoms with Crippen molar-refractivity contribution >= 4 is 27.8 Å². The van der Waals surface area contributed by atoms with Gasteiger partial charge in [0.1, 0.15) is 41.7 Å². The van der Waals surface area contributed by atoms with E-state index in [-0.39, 0.29) is 30.2 Å². The van der Waals surface area contributed by atoms with Crippen LogP contribution in [0.15, 0.2) is 77.9 Å². The van der Waals surface area contributed by atoms with Crippen LogP contribution in [0.3, 0.4) is 0 Å². The number of aromatic hydroxyl groups is 1. The van der Waals surface area contributed by atoms with E-state index in [1.807, 2.05) is 24.3 Å². The molecule has 10 heteroatoms. The van der Waals surface area contributed by atoms with Gasteiger partial charge in [0, 0.05) is 11.1 Å². The first-order valence-electron chi connectivity index (χ1n) is 12.3. The molecule has 3 N–H and O–H groups in total. The minimum Gasteiger partial charge on any atom is -0.508 e. The Labute approximate surface area is 228 Å². The van der Waals surface area contributed by atoms with Crippen LogP contribution in [0.5, 0.6) is 11.5 Å². The molecular weight excluding hydrogens is 506 g/mol. The maximum Gasteiger partial charge on any atom is 0.263 e. The van der Waals surface area contributed by atoms with E-state index in [2.05, 4.69) is 15.9 Å². The predicted molar refractivity (Wildman–Crippen MR) is 152 cm³/mol. The van der Waals surface area contributed by atoms with Gasteiger partial charge in [0.05, 0.1) is 29.9 Å². The molecule has 0 saturated carbocycles. The maximum atomic E-state index is 13.9. The van der Waals surface area contributed by atoms with Gasteiger partial charge in [-0.15, -0.1) is 6.42 Å². The number of aromatic nitrogens is 6. The van der Waals surface area contributed by atoms with Gasteiger partial charge in [-0.25, -0.2) is 19.6 Å². The van der Waals surface area contributed by atoms with E-state index in [9.17, 15) is 9.90 Å². The molecule has 3 aromatic heterocycles. The fourth-order valence-corrected chi connectivity index (χ4v) is 4.72. The normalized spacial score (nSPS) is 11.1. The summed E-state index contributed by atoms with van der Waals surface area (Å²) >= 11 is 0. The van der Waals surface area contributed by atoms with Crippen molar-refractivity contribution < 1.29 is 9.84 Å². The van der Waals surface area contributed by atoms with Crippen molar-refractivity contribution in [1.29, 1.82) is 0 Å². The lowest BCUT2D eigenvalue weighted by molar-refractivity contribution is 0.414. The highest BCUT2D eigenvalue weighted by Gasteiger charge is 2.20. The summed E-state index contributed by atoms with van der Waals surface area (Å²) in [6.07, 6.45) is 7.10. The minimum absolute atomic E-state index is 0.118. The average Bonchev–Trinajstić information content (AvgIpc) is 3.34. The van der Waals surface area contributed by atoms with E-state index in [1.165, 1.54) is 6.33 Å². The quantitative estimate of drug-likeness (QED) is 0.313. The third-order valence-electron chi connectivity index (χ3n) is 6.71. The molecule has 0 atom stereocenters. The monoisotopic (exact) mass is 529 g/mol. The second-order valence-electron chi connectivity index (χ2n) is 9.12. The van der Waals surface area contributed by atoms with Gasteiger partial charge >= 0.3 is 0 Å². The molecular formula is C30H23N7O3. The Hall–Kier alpha value is -5.69. The van der Waals surface area contributed by atoms with Crippen LogP contribution in [0.25, 0.3) is 33.2 Å². The zero-order valence-electron chi connectivity index (χ0n) is 21.4. The smallest absolute Gasteiger partial charge is 0.263 e. The molecule has 6 aromatic rings. The minimum atomic E-state index is -0.256. The number of phenolic OH excluding ortho intramolecular Hbond substituents is 1. The second-order valence-corrected chi connectivity index (χ2v) is 9.12. The summed E-state index contributed by atoms with van der Waals surface area (Å²) in [6.45, 7) is 0.369. The van der Waals surface area contributed by atoms with Crippen molar-refractivity contribution in [3.05, 3.63) is 100 Å². The molecule has 0 aliphatic rings. The SMILES string of the molecule is C#Cc1cccc2nc(Cn3nc(-c4ccc(O)cc4)c4c(N)ncnc43)n(Cc3ccc(OC)cc3)c(=O)c12. The molecule has 3 aromatic carbocycles. The summed E-state index contributed by atoms with van der Waals surface area (Å²) in [6, 6.07) is 19.4. The number of benzene rings is 3. The molecule has 0 aliphatic carbocycles. The van der Waals surface area contributed by atoms with Gasteiger partial charge in [-0.2, -0.15) is 5.10 Å². The summed E-state index contributed by atoms with van der Waals surface area (Å²) < 4.78 is 8.53. The van der Waals surface area contributed by atoms with Crippen LogP contribution in [0.4, 0.5) is 5.82 Å².